The van der Waals surface area contributed by atoms with E-state index >= 15 is 0 Å². The molecule has 22 heavy (non-hydrogen) atoms. The van der Waals surface area contributed by atoms with E-state index in [0.717, 1.165) is 10.9 Å². The predicted molar refractivity (Wildman–Crippen MR) is 81.8 cm³/mol. The standard InChI is InChI=1S/C17H13NO4/c18-17(20)13-3-1-11(2-4-13)10-21-14-7-5-12-6-8-16(19)22-15(12)9-14/h1-9H,10H2,(H2,18,20). The first-order valence-electron chi connectivity index (χ1n) is 6.67. The Morgan fingerprint density at radius 2 is 1.77 bits per heavy atom. The third kappa shape index (κ3) is 2.98. The van der Waals surface area contributed by atoms with Gasteiger partial charge in [0.1, 0.15) is 17.9 Å². The zero-order valence-corrected chi connectivity index (χ0v) is 11.6. The molecule has 0 fully saturated rings. The Hall–Kier alpha value is -3.08. The van der Waals surface area contributed by atoms with Crippen LogP contribution >= 0.6 is 0 Å². The van der Waals surface area contributed by atoms with E-state index < -0.39 is 11.5 Å². The number of carbonyl (C=O) groups is 1. The van der Waals surface area contributed by atoms with E-state index in [2.05, 4.69) is 0 Å². The lowest BCUT2D eigenvalue weighted by Gasteiger charge is -2.07. The average Bonchev–Trinajstić information content (AvgIpc) is 2.53. The minimum Gasteiger partial charge on any atom is -0.489 e. The Kier molecular flexibility index (Phi) is 3.62. The zero-order valence-electron chi connectivity index (χ0n) is 11.6. The average molecular weight is 295 g/mol. The molecule has 1 amide bonds. The first-order chi connectivity index (χ1) is 10.6. The van der Waals surface area contributed by atoms with E-state index in [1.165, 1.54) is 6.07 Å². The fraction of sp³-hybridized carbons (Fsp3) is 0.0588. The van der Waals surface area contributed by atoms with Crippen LogP contribution in [-0.4, -0.2) is 5.91 Å². The fourth-order valence-corrected chi connectivity index (χ4v) is 2.06. The van der Waals surface area contributed by atoms with Gasteiger partial charge < -0.3 is 14.9 Å². The number of ether oxygens (including phenoxy) is 1. The molecular weight excluding hydrogens is 282 g/mol. The van der Waals surface area contributed by atoms with E-state index in [1.807, 2.05) is 6.07 Å². The van der Waals surface area contributed by atoms with Crippen LogP contribution in [0.1, 0.15) is 15.9 Å². The summed E-state index contributed by atoms with van der Waals surface area (Å²) in [7, 11) is 0. The molecule has 5 heteroatoms. The van der Waals surface area contributed by atoms with Gasteiger partial charge in [-0.25, -0.2) is 4.79 Å². The second kappa shape index (κ2) is 5.73. The van der Waals surface area contributed by atoms with Crippen LogP contribution in [-0.2, 0) is 6.61 Å². The summed E-state index contributed by atoms with van der Waals surface area (Å²) in [6, 6.07) is 15.2. The molecule has 0 saturated heterocycles. The van der Waals surface area contributed by atoms with Crippen LogP contribution in [0.4, 0.5) is 0 Å². The molecule has 0 aliphatic rings. The molecule has 3 aromatic rings. The van der Waals surface area contributed by atoms with Gasteiger partial charge in [-0.2, -0.15) is 0 Å². The van der Waals surface area contributed by atoms with Gasteiger partial charge in [-0.1, -0.05) is 12.1 Å². The highest BCUT2D eigenvalue weighted by Gasteiger charge is 2.03. The second-order valence-electron chi connectivity index (χ2n) is 4.80. The molecule has 1 aromatic heterocycles. The maximum atomic E-state index is 11.2. The highest BCUT2D eigenvalue weighted by Crippen LogP contribution is 2.20. The first kappa shape index (κ1) is 13.9. The Morgan fingerprint density at radius 1 is 1.05 bits per heavy atom. The number of carbonyl (C=O) groups excluding carboxylic acids is 1. The normalized spacial score (nSPS) is 10.5. The van der Waals surface area contributed by atoms with E-state index in [4.69, 9.17) is 14.9 Å². The van der Waals surface area contributed by atoms with Crippen LogP contribution in [0.25, 0.3) is 11.0 Å². The van der Waals surface area contributed by atoms with Gasteiger partial charge in [-0.3, -0.25) is 4.79 Å². The summed E-state index contributed by atoms with van der Waals surface area (Å²) in [6.45, 7) is 0.335. The Labute approximate surface area is 125 Å². The van der Waals surface area contributed by atoms with Gasteiger partial charge >= 0.3 is 5.63 Å². The molecule has 0 unspecified atom stereocenters. The molecule has 2 N–H and O–H groups in total. The molecule has 0 radical (unpaired) electrons. The number of hydrogen-bond donors (Lipinski definition) is 1. The van der Waals surface area contributed by atoms with Crippen molar-refractivity contribution >= 4 is 16.9 Å². The van der Waals surface area contributed by atoms with Crippen LogP contribution in [0.2, 0.25) is 0 Å². The van der Waals surface area contributed by atoms with Crippen LogP contribution in [0.5, 0.6) is 5.75 Å². The number of fused-ring (bicyclic) bond motifs is 1. The largest absolute Gasteiger partial charge is 0.489 e. The molecule has 0 aliphatic carbocycles. The number of primary amides is 1. The van der Waals surface area contributed by atoms with Crippen molar-refractivity contribution in [3.05, 3.63) is 76.1 Å². The van der Waals surface area contributed by atoms with Gasteiger partial charge in [0.05, 0.1) is 0 Å². The summed E-state index contributed by atoms with van der Waals surface area (Å²) in [5.41, 5.74) is 6.63. The van der Waals surface area contributed by atoms with Gasteiger partial charge in [0, 0.05) is 23.1 Å². The summed E-state index contributed by atoms with van der Waals surface area (Å²) in [6.07, 6.45) is 0. The molecule has 110 valence electrons. The van der Waals surface area contributed by atoms with Crippen molar-refractivity contribution < 1.29 is 13.9 Å². The number of nitrogens with two attached hydrogens (primary N) is 1. The molecule has 1 heterocycles. The smallest absolute Gasteiger partial charge is 0.336 e. The maximum absolute atomic E-state index is 11.2. The predicted octanol–water partition coefficient (Wildman–Crippen LogP) is 2.47. The van der Waals surface area contributed by atoms with Crippen LogP contribution in [0, 0.1) is 0 Å². The third-order valence-electron chi connectivity index (χ3n) is 3.24. The van der Waals surface area contributed by atoms with Crippen molar-refractivity contribution in [1.82, 2.24) is 0 Å². The SMILES string of the molecule is NC(=O)c1ccc(COc2ccc3ccc(=O)oc3c2)cc1. The molecule has 0 bridgehead atoms. The maximum Gasteiger partial charge on any atom is 0.336 e. The van der Waals surface area contributed by atoms with Crippen LogP contribution in [0.3, 0.4) is 0 Å². The van der Waals surface area contributed by atoms with Crippen molar-refractivity contribution in [2.45, 2.75) is 6.61 Å². The van der Waals surface area contributed by atoms with Crippen molar-refractivity contribution in [2.24, 2.45) is 5.73 Å². The zero-order chi connectivity index (χ0) is 15.5. The molecule has 0 spiro atoms. The minimum absolute atomic E-state index is 0.335. The van der Waals surface area contributed by atoms with Crippen molar-refractivity contribution in [1.29, 1.82) is 0 Å². The number of amides is 1. The lowest BCUT2D eigenvalue weighted by atomic mass is 10.1. The Bertz CT molecular complexity index is 881. The lowest BCUT2D eigenvalue weighted by molar-refractivity contribution is 0.1000. The number of hydrogen-bond acceptors (Lipinski definition) is 4. The van der Waals surface area contributed by atoms with Gasteiger partial charge in [0.2, 0.25) is 5.91 Å². The van der Waals surface area contributed by atoms with Crippen molar-refractivity contribution in [3.8, 4) is 5.75 Å². The summed E-state index contributed by atoms with van der Waals surface area (Å²) < 4.78 is 10.8. The topological polar surface area (TPSA) is 82.5 Å². The molecule has 0 saturated carbocycles. The summed E-state index contributed by atoms with van der Waals surface area (Å²) in [5.74, 6) is 0.137. The van der Waals surface area contributed by atoms with Gasteiger partial charge in [0.15, 0.2) is 0 Å². The minimum atomic E-state index is -0.461. The molecule has 0 atom stereocenters. The van der Waals surface area contributed by atoms with Gasteiger partial charge in [-0.05, 0) is 35.9 Å². The van der Waals surface area contributed by atoms with Crippen molar-refractivity contribution in [3.63, 3.8) is 0 Å². The Morgan fingerprint density at radius 3 is 2.50 bits per heavy atom. The first-order valence-corrected chi connectivity index (χ1v) is 6.67. The van der Waals surface area contributed by atoms with Crippen LogP contribution in [0.15, 0.2) is 63.8 Å². The molecule has 0 aliphatic heterocycles. The molecular formula is C17H13NO4. The molecule has 2 aromatic carbocycles. The quantitative estimate of drug-likeness (QED) is 0.749. The van der Waals surface area contributed by atoms with Gasteiger partial charge in [0.25, 0.3) is 0 Å². The molecule has 5 nitrogen and oxygen atoms in total. The lowest BCUT2D eigenvalue weighted by Crippen LogP contribution is -2.10. The summed E-state index contributed by atoms with van der Waals surface area (Å²) >= 11 is 0. The van der Waals surface area contributed by atoms with E-state index in [9.17, 15) is 9.59 Å². The second-order valence-corrected chi connectivity index (χ2v) is 4.80. The number of benzene rings is 2. The highest BCUT2D eigenvalue weighted by molar-refractivity contribution is 5.92. The van der Waals surface area contributed by atoms with E-state index in [1.54, 1.807) is 42.5 Å². The van der Waals surface area contributed by atoms with E-state index in [-0.39, 0.29) is 0 Å². The summed E-state index contributed by atoms with van der Waals surface area (Å²) in [4.78, 5) is 22.2. The summed E-state index contributed by atoms with van der Waals surface area (Å²) in [5, 5.41) is 0.831. The van der Waals surface area contributed by atoms with Crippen molar-refractivity contribution in [2.75, 3.05) is 0 Å². The Balaban J connectivity index is 1.75. The third-order valence-corrected chi connectivity index (χ3v) is 3.24. The fourth-order valence-electron chi connectivity index (χ4n) is 2.06. The van der Waals surface area contributed by atoms with E-state index in [0.29, 0.717) is 23.5 Å². The highest BCUT2D eigenvalue weighted by atomic mass is 16.5. The number of rotatable bonds is 4. The monoisotopic (exact) mass is 295 g/mol. The van der Waals surface area contributed by atoms with Gasteiger partial charge in [-0.15, -0.1) is 0 Å². The van der Waals surface area contributed by atoms with Crippen LogP contribution < -0.4 is 16.1 Å². The molecule has 3 rings (SSSR count).